The average molecular weight is 1460 g/mol. The molecule has 2 rings (SSSR count). The monoisotopic (exact) mass is 1460 g/mol. The first kappa shape index (κ1) is 90.8. The van der Waals surface area contributed by atoms with Gasteiger partial charge in [0.05, 0.1) is 12.0 Å². The average Bonchev–Trinajstić information content (AvgIpc) is 0.841. The molecule has 30 heteroatoms. The molecule has 0 aromatic heterocycles. The second kappa shape index (κ2) is 48.7. The van der Waals surface area contributed by atoms with Crippen molar-refractivity contribution >= 4 is 71.1 Å². The van der Waals surface area contributed by atoms with Gasteiger partial charge in [0, 0.05) is 131 Å². The van der Waals surface area contributed by atoms with E-state index in [0.717, 1.165) is 17.7 Å². The summed E-state index contributed by atoms with van der Waals surface area (Å²) in [4.78, 5) is 159. The molecule has 2 aromatic carbocycles. The second-order valence-corrected chi connectivity index (χ2v) is 27.9. The number of carbonyl (C=O) groups excluding carboxylic acids is 9. The van der Waals surface area contributed by atoms with E-state index in [9.17, 15) is 86.0 Å². The Hall–Kier alpha value is -8.25. The van der Waals surface area contributed by atoms with E-state index in [4.69, 9.17) is 17.2 Å². The van der Waals surface area contributed by atoms with Crippen molar-refractivity contribution in [2.24, 2.45) is 40.9 Å². The van der Waals surface area contributed by atoms with Gasteiger partial charge in [0.15, 0.2) is 0 Å². The van der Waals surface area contributed by atoms with Crippen molar-refractivity contribution in [1.29, 1.82) is 0 Å². The minimum atomic E-state index is -4.74. The van der Waals surface area contributed by atoms with Crippen molar-refractivity contribution in [2.75, 3.05) is 13.1 Å². The van der Waals surface area contributed by atoms with Gasteiger partial charge in [0.2, 0.25) is 53.2 Å². The van der Waals surface area contributed by atoms with Crippen molar-refractivity contribution in [3.8, 4) is 0 Å². The molecule has 0 radical (unpaired) electrons. The number of aliphatic carboxylic acids is 3. The fourth-order valence-electron chi connectivity index (χ4n) is 12.0. The van der Waals surface area contributed by atoms with Crippen LogP contribution >= 0.6 is 0 Å². The Balaban J connectivity index is 2.36. The van der Waals surface area contributed by atoms with E-state index in [2.05, 4.69) is 47.9 Å². The molecule has 0 fully saturated rings. The summed E-state index contributed by atoms with van der Waals surface area (Å²) in [5.74, 6) is -9.45. The van der Waals surface area contributed by atoms with E-state index >= 15 is 0 Å². The van der Waals surface area contributed by atoms with Crippen LogP contribution in [0, 0.1) is 23.7 Å². The van der Waals surface area contributed by atoms with Crippen LogP contribution in [-0.4, -0.2) is 160 Å². The number of hydrogen-bond acceptors (Lipinski definition) is 15. The van der Waals surface area contributed by atoms with Gasteiger partial charge >= 0.3 is 24.1 Å². The Labute approximate surface area is 604 Å². The smallest absolute Gasteiger partial charge is 0.416 e. The number of amides is 9. The summed E-state index contributed by atoms with van der Waals surface area (Å²) in [7, 11) is 0. The largest absolute Gasteiger partial charge is 0.481 e. The van der Waals surface area contributed by atoms with E-state index < -0.39 is 176 Å². The summed E-state index contributed by atoms with van der Waals surface area (Å²) >= 11 is 0. The zero-order valence-electron chi connectivity index (χ0n) is 61.3. The predicted molar refractivity (Wildman–Crippen MR) is 383 cm³/mol. The fourth-order valence-corrected chi connectivity index (χ4v) is 12.0. The summed E-state index contributed by atoms with van der Waals surface area (Å²) in [5.41, 5.74) is 17.5. The SMILES string of the molecule is CC[C@H](C)[C@H](CC(=O)N[C@H](CC(=O)N[C@@H](CCC(=O)O)CC(=O)N[C@@H](CC(=O)N[C@H](CC(=O)N[C@@H](CCCN)CC(=O)N[C@@H](CC(=O)N[C@H](CC(=O)N[C@@H](CCC(=O)O)CC(=O)O)Cc1ccccc1)[C@@H](C)CC)Cc1cccc(C(F)(F)F)c1)[C@@H](C)CC)CC(C)C)NC(=O)C[C@@H](N)CCCN. The number of alkyl halides is 3. The van der Waals surface area contributed by atoms with E-state index in [-0.39, 0.29) is 112 Å². The third-order valence-electron chi connectivity index (χ3n) is 18.2. The molecule has 0 saturated heterocycles. The third kappa shape index (κ3) is 40.4. The van der Waals surface area contributed by atoms with Crippen LogP contribution in [0.1, 0.15) is 213 Å². The van der Waals surface area contributed by atoms with Gasteiger partial charge in [-0.2, -0.15) is 13.2 Å². The molecular weight excluding hydrogens is 1340 g/mol. The summed E-state index contributed by atoms with van der Waals surface area (Å²) < 4.78 is 42.2. The van der Waals surface area contributed by atoms with Gasteiger partial charge in [0.25, 0.3) is 0 Å². The molecule has 580 valence electrons. The molecule has 0 spiro atoms. The maximum atomic E-state index is 14.3. The lowest BCUT2D eigenvalue weighted by molar-refractivity contribution is -0.140. The molecule has 18 N–H and O–H groups in total. The van der Waals surface area contributed by atoms with E-state index in [0.29, 0.717) is 51.5 Å². The quantitative estimate of drug-likeness (QED) is 0.0385. The lowest BCUT2D eigenvalue weighted by Gasteiger charge is -2.28. The predicted octanol–water partition coefficient (Wildman–Crippen LogP) is 5.56. The maximum Gasteiger partial charge on any atom is 0.416 e. The van der Waals surface area contributed by atoms with Gasteiger partial charge in [-0.1, -0.05) is 123 Å². The zero-order valence-corrected chi connectivity index (χ0v) is 61.3. The van der Waals surface area contributed by atoms with E-state index in [1.807, 2.05) is 48.5 Å². The number of carboxylic acid groups (broad SMARTS) is 3. The Morgan fingerprint density at radius 3 is 1.14 bits per heavy atom. The van der Waals surface area contributed by atoms with Crippen molar-refractivity contribution in [3.05, 3.63) is 71.3 Å². The number of rotatable bonds is 53. The Morgan fingerprint density at radius 2 is 0.738 bits per heavy atom. The number of benzene rings is 2. The Bertz CT molecular complexity index is 3000. The number of nitrogens with two attached hydrogens (primary N) is 3. The van der Waals surface area contributed by atoms with Crippen LogP contribution in [0.5, 0.6) is 0 Å². The van der Waals surface area contributed by atoms with Gasteiger partial charge in [0.1, 0.15) is 0 Å². The van der Waals surface area contributed by atoms with Crippen LogP contribution < -0.4 is 65.1 Å². The molecule has 0 heterocycles. The molecule has 27 nitrogen and oxygen atoms in total. The summed E-state index contributed by atoms with van der Waals surface area (Å²) in [6.45, 7) is 15.5. The number of carbonyl (C=O) groups is 12. The first-order valence-corrected chi connectivity index (χ1v) is 36.2. The van der Waals surface area contributed by atoms with Gasteiger partial charge in [-0.25, -0.2) is 0 Å². The topological polar surface area (TPSA) is 452 Å². The standard InChI is InChI=1S/C73H117F3N12O15/c1-9-45(6)58(86-61(89)34-51(79)22-16-28-77)41-67(95)83-55(30-44(4)5)37-62(90)81-53(24-26-70(98)99)36-66(94)88-60(47(8)11-3)43-69(97)85-57(33-49-20-15-21-50(31-49)73(74,75)76)39-63(91)80-52(23-17-29-78)35-65(93)87-59(46(7)10-2)42-68(96)84-56(32-48-18-13-12-14-19-48)38-64(92)82-54(40-72(102)103)25-27-71(100)101/h12-15,18-21,31,44-47,51-60H,9-11,16-17,22-30,32-43,77-79H2,1-8H3,(H,80,91)(H,81,90)(H,82,92)(H,83,95)(H,84,96)(H,85,97)(H,86,89)(H,87,93)(H,88,94)(H,98,99)(H,100,101)(H,102,103)/t45-,46-,47-,51-,52-,53-,54-,55-,56-,57-,58-,59-,60-/m0/s1. The first-order valence-electron chi connectivity index (χ1n) is 36.2. The van der Waals surface area contributed by atoms with Crippen molar-refractivity contribution in [1.82, 2.24) is 47.9 Å². The highest BCUT2D eigenvalue weighted by atomic mass is 19.4. The fraction of sp³-hybridized carbons (Fsp3) is 0.671. The third-order valence-corrected chi connectivity index (χ3v) is 18.2. The van der Waals surface area contributed by atoms with Crippen LogP contribution in [0.4, 0.5) is 13.2 Å². The van der Waals surface area contributed by atoms with Crippen molar-refractivity contribution < 1.29 is 86.0 Å². The second-order valence-electron chi connectivity index (χ2n) is 27.9. The molecule has 0 bridgehead atoms. The molecule has 0 saturated carbocycles. The molecule has 0 unspecified atom stereocenters. The van der Waals surface area contributed by atoms with Crippen LogP contribution in [0.3, 0.4) is 0 Å². The number of halogens is 3. The lowest BCUT2D eigenvalue weighted by atomic mass is 9.94. The van der Waals surface area contributed by atoms with Crippen molar-refractivity contribution in [3.63, 3.8) is 0 Å². The van der Waals surface area contributed by atoms with Crippen LogP contribution in [0.25, 0.3) is 0 Å². The molecule has 13 atom stereocenters. The highest BCUT2D eigenvalue weighted by molar-refractivity contribution is 5.85. The minimum absolute atomic E-state index is 0.00682. The highest BCUT2D eigenvalue weighted by Gasteiger charge is 2.34. The molecular formula is C73H117F3N12O15. The lowest BCUT2D eigenvalue weighted by Crippen LogP contribution is -2.49. The zero-order chi connectivity index (χ0) is 77.4. The first-order chi connectivity index (χ1) is 48.5. The Kier molecular flexibility index (Phi) is 42.9. The summed E-state index contributed by atoms with van der Waals surface area (Å²) in [6.07, 6.45) is -5.26. The van der Waals surface area contributed by atoms with Crippen molar-refractivity contribution in [2.45, 2.75) is 276 Å². The van der Waals surface area contributed by atoms with Gasteiger partial charge < -0.3 is 80.4 Å². The number of carboxylic acids is 3. The molecule has 9 amide bonds. The van der Waals surface area contributed by atoms with E-state index in [1.165, 1.54) is 12.1 Å². The van der Waals surface area contributed by atoms with Gasteiger partial charge in [-0.3, -0.25) is 57.5 Å². The maximum absolute atomic E-state index is 14.3. The Morgan fingerprint density at radius 1 is 0.398 bits per heavy atom. The highest BCUT2D eigenvalue weighted by Crippen LogP contribution is 2.30. The van der Waals surface area contributed by atoms with E-state index in [1.54, 1.807) is 37.3 Å². The molecule has 103 heavy (non-hydrogen) atoms. The molecule has 0 aliphatic rings. The molecule has 0 aliphatic carbocycles. The number of nitrogens with one attached hydrogen (secondary N) is 9. The van der Waals surface area contributed by atoms with Crippen LogP contribution in [0.15, 0.2) is 54.6 Å². The normalized spacial score (nSPS) is 15.3. The molecule has 2 aromatic rings. The number of hydrogen-bond donors (Lipinski definition) is 15. The van der Waals surface area contributed by atoms with Crippen LogP contribution in [0.2, 0.25) is 0 Å². The molecule has 0 aliphatic heterocycles. The summed E-state index contributed by atoms with van der Waals surface area (Å²) in [5, 5.41) is 53.9. The van der Waals surface area contributed by atoms with Gasteiger partial charge in [-0.05, 0) is 112 Å². The summed E-state index contributed by atoms with van der Waals surface area (Å²) in [6, 6.07) is 5.09. The van der Waals surface area contributed by atoms with Crippen LogP contribution in [-0.2, 0) is 76.6 Å². The minimum Gasteiger partial charge on any atom is -0.481 e. The van der Waals surface area contributed by atoms with Gasteiger partial charge in [-0.15, -0.1) is 0 Å².